The molecule has 0 bridgehead atoms. The smallest absolute Gasteiger partial charge is 0.429 e. The average molecular weight is 618 g/mol. The maximum Gasteiger partial charge on any atom is 0.429 e. The number of rotatable bonds is 6. The van der Waals surface area contributed by atoms with Gasteiger partial charge in [-0.1, -0.05) is 29.8 Å². The van der Waals surface area contributed by atoms with Crippen molar-refractivity contribution >= 4 is 0 Å². The highest BCUT2D eigenvalue weighted by Gasteiger charge is 2.38. The van der Waals surface area contributed by atoms with Gasteiger partial charge in [0.05, 0.1) is 11.1 Å². The van der Waals surface area contributed by atoms with Crippen LogP contribution in [0.3, 0.4) is 0 Å². The lowest BCUT2D eigenvalue weighted by atomic mass is 10.0. The molecule has 0 radical (unpaired) electrons. The van der Waals surface area contributed by atoms with Crippen LogP contribution in [0.4, 0.5) is 43.9 Å². The fourth-order valence-corrected chi connectivity index (χ4v) is 3.82. The van der Waals surface area contributed by atoms with Gasteiger partial charge in [-0.2, -0.15) is 8.78 Å². The van der Waals surface area contributed by atoms with Crippen molar-refractivity contribution in [3.05, 3.63) is 147 Å². The number of alkyl halides is 2. The molecule has 0 amide bonds. The first-order valence-electron chi connectivity index (χ1n) is 12.4. The Labute approximate surface area is 244 Å². The summed E-state index contributed by atoms with van der Waals surface area (Å²) in [6.07, 6.45) is -2.04. The molecule has 1 nitrogen and oxygen atoms in total. The van der Waals surface area contributed by atoms with E-state index in [4.69, 9.17) is 0 Å². The van der Waals surface area contributed by atoms with Gasteiger partial charge in [0.15, 0.2) is 17.5 Å². The van der Waals surface area contributed by atoms with Crippen molar-refractivity contribution in [2.24, 2.45) is 0 Å². The minimum absolute atomic E-state index is 0.142. The molecular formula is C33H16F10O. The topological polar surface area (TPSA) is 9.23 Å². The monoisotopic (exact) mass is 618 g/mol. The largest absolute Gasteiger partial charge is 0.429 e. The number of hydrogen-bond donors (Lipinski definition) is 0. The molecule has 0 saturated carbocycles. The quantitative estimate of drug-likeness (QED) is 0.0909. The minimum Gasteiger partial charge on any atom is -0.429 e. The van der Waals surface area contributed by atoms with E-state index in [9.17, 15) is 43.9 Å². The van der Waals surface area contributed by atoms with Crippen molar-refractivity contribution in [1.82, 2.24) is 0 Å². The van der Waals surface area contributed by atoms with Gasteiger partial charge in [0.25, 0.3) is 0 Å². The molecule has 0 N–H and O–H groups in total. The highest BCUT2D eigenvalue weighted by Crippen LogP contribution is 2.34. The Bertz CT molecular complexity index is 1820. The number of benzene rings is 4. The zero-order valence-corrected chi connectivity index (χ0v) is 22.1. The van der Waals surface area contributed by atoms with Crippen LogP contribution < -0.4 is 4.74 Å². The van der Waals surface area contributed by atoms with E-state index in [2.05, 4.69) is 35.0 Å². The Morgan fingerprint density at radius 1 is 0.614 bits per heavy atom. The minimum atomic E-state index is -4.47. The summed E-state index contributed by atoms with van der Waals surface area (Å²) in [5, 5.41) is 0. The molecule has 44 heavy (non-hydrogen) atoms. The number of hydrogen-bond acceptors (Lipinski definition) is 1. The van der Waals surface area contributed by atoms with Gasteiger partial charge in [0, 0.05) is 23.3 Å². The van der Waals surface area contributed by atoms with Crippen LogP contribution in [0.2, 0.25) is 0 Å². The lowest BCUT2D eigenvalue weighted by Gasteiger charge is -2.19. The zero-order chi connectivity index (χ0) is 32.2. The van der Waals surface area contributed by atoms with Gasteiger partial charge >= 0.3 is 6.11 Å². The second-order valence-electron chi connectivity index (χ2n) is 9.09. The van der Waals surface area contributed by atoms with Crippen LogP contribution in [0.5, 0.6) is 5.75 Å². The first kappa shape index (κ1) is 31.8. The van der Waals surface area contributed by atoms with Crippen LogP contribution in [-0.4, -0.2) is 0 Å². The zero-order valence-electron chi connectivity index (χ0n) is 22.1. The van der Waals surface area contributed by atoms with Gasteiger partial charge in [0.1, 0.15) is 40.4 Å². The third-order valence-electron chi connectivity index (χ3n) is 5.93. The van der Waals surface area contributed by atoms with E-state index in [1.807, 2.05) is 0 Å². The number of ether oxygens (including phenoxy) is 1. The van der Waals surface area contributed by atoms with Crippen molar-refractivity contribution in [1.29, 1.82) is 0 Å². The second-order valence-corrected chi connectivity index (χ2v) is 9.09. The Morgan fingerprint density at radius 3 is 1.64 bits per heavy atom. The summed E-state index contributed by atoms with van der Waals surface area (Å²) in [6.45, 7) is 3.53. The average Bonchev–Trinajstić information content (AvgIpc) is 2.93. The number of allylic oxidation sites excluding steroid dienone is 1. The van der Waals surface area contributed by atoms with Crippen LogP contribution in [0, 0.1) is 70.2 Å². The summed E-state index contributed by atoms with van der Waals surface area (Å²) in [7, 11) is 0. The molecule has 0 spiro atoms. The molecule has 11 heteroatoms. The fraction of sp³-hybridized carbons (Fsp3) is 0.0909. The van der Waals surface area contributed by atoms with Crippen LogP contribution in [0.15, 0.2) is 67.3 Å². The Hall–Kier alpha value is -5.16. The highest BCUT2D eigenvalue weighted by atomic mass is 19.3. The van der Waals surface area contributed by atoms with Gasteiger partial charge in [-0.15, -0.1) is 6.58 Å². The van der Waals surface area contributed by atoms with Crippen LogP contribution in [0.1, 0.15) is 39.8 Å². The predicted octanol–water partition coefficient (Wildman–Crippen LogP) is 8.85. The fourth-order valence-electron chi connectivity index (χ4n) is 3.82. The van der Waals surface area contributed by atoms with E-state index in [-0.39, 0.29) is 23.3 Å². The van der Waals surface area contributed by atoms with E-state index in [1.54, 1.807) is 6.08 Å². The molecule has 0 aromatic heterocycles. The van der Waals surface area contributed by atoms with E-state index in [0.717, 1.165) is 30.3 Å². The summed E-state index contributed by atoms with van der Waals surface area (Å²) in [4.78, 5) is 0. The molecular weight excluding hydrogens is 602 g/mol. The third kappa shape index (κ3) is 7.24. The summed E-state index contributed by atoms with van der Waals surface area (Å²) in [6, 6.07) is 5.83. The summed E-state index contributed by atoms with van der Waals surface area (Å²) in [5.41, 5.74) is -2.98. The molecule has 4 aromatic carbocycles. The van der Waals surface area contributed by atoms with Crippen molar-refractivity contribution in [3.8, 4) is 29.4 Å². The highest BCUT2D eigenvalue weighted by molar-refractivity contribution is 5.50. The lowest BCUT2D eigenvalue weighted by molar-refractivity contribution is -0.187. The normalized spacial score (nSPS) is 10.9. The first-order valence-corrected chi connectivity index (χ1v) is 12.4. The molecule has 0 saturated heterocycles. The van der Waals surface area contributed by atoms with Gasteiger partial charge in [-0.05, 0) is 60.9 Å². The summed E-state index contributed by atoms with van der Waals surface area (Å²) >= 11 is 0. The third-order valence-corrected chi connectivity index (χ3v) is 5.93. The molecule has 224 valence electrons. The second kappa shape index (κ2) is 13.0. The Balaban J connectivity index is 1.55. The van der Waals surface area contributed by atoms with Crippen molar-refractivity contribution in [3.63, 3.8) is 0 Å². The van der Waals surface area contributed by atoms with E-state index in [1.165, 1.54) is 0 Å². The van der Waals surface area contributed by atoms with Crippen molar-refractivity contribution in [2.75, 3.05) is 0 Å². The summed E-state index contributed by atoms with van der Waals surface area (Å²) < 4.78 is 145. The maximum atomic E-state index is 14.6. The van der Waals surface area contributed by atoms with E-state index < -0.39 is 75.1 Å². The number of aryl methyl sites for hydroxylation is 1. The Kier molecular flexibility index (Phi) is 9.39. The molecule has 0 atom stereocenters. The van der Waals surface area contributed by atoms with Crippen LogP contribution in [0.25, 0.3) is 0 Å². The van der Waals surface area contributed by atoms with E-state index >= 15 is 0 Å². The first-order chi connectivity index (χ1) is 20.8. The molecule has 0 aliphatic heterocycles. The summed E-state index contributed by atoms with van der Waals surface area (Å²) in [5.74, 6) is -3.83. The maximum absolute atomic E-state index is 14.6. The van der Waals surface area contributed by atoms with Gasteiger partial charge < -0.3 is 4.74 Å². The standard InChI is InChI=1S/C33H16F10O/c1-2-3-4-19-12-25(34)23(26(35)13-19)9-6-20-14-27(36)22(28(37)15-20)8-5-18-7-10-24(29(38)11-18)33(42,43)44-21-16-30(39)32(41)31(40)17-21/h2,7,10-17H,1,3-4H2. The lowest BCUT2D eigenvalue weighted by Crippen LogP contribution is -2.23. The number of halogens is 10. The van der Waals surface area contributed by atoms with Gasteiger partial charge in [-0.25, -0.2) is 35.1 Å². The predicted molar refractivity (Wildman–Crippen MR) is 140 cm³/mol. The molecule has 4 aromatic rings. The van der Waals surface area contributed by atoms with Crippen LogP contribution in [-0.2, 0) is 12.5 Å². The van der Waals surface area contributed by atoms with Crippen molar-refractivity contribution in [2.45, 2.75) is 19.0 Å². The molecule has 0 unspecified atom stereocenters. The molecule has 0 heterocycles. The molecule has 0 aliphatic carbocycles. The molecule has 0 aliphatic rings. The Morgan fingerprint density at radius 2 is 1.11 bits per heavy atom. The van der Waals surface area contributed by atoms with Crippen LogP contribution >= 0.6 is 0 Å². The van der Waals surface area contributed by atoms with Gasteiger partial charge in [0.2, 0.25) is 0 Å². The SMILES string of the molecule is C=CCCc1cc(F)c(C#Cc2cc(F)c(C#Cc3ccc(C(F)(F)Oc4cc(F)c(F)c(F)c4)c(F)c3)c(F)c2)c(F)c1. The molecule has 4 rings (SSSR count). The van der Waals surface area contributed by atoms with Crippen molar-refractivity contribution < 1.29 is 48.6 Å². The van der Waals surface area contributed by atoms with E-state index in [0.29, 0.717) is 30.5 Å². The van der Waals surface area contributed by atoms with Gasteiger partial charge in [-0.3, -0.25) is 0 Å². The molecule has 0 fully saturated rings.